The van der Waals surface area contributed by atoms with E-state index in [9.17, 15) is 4.79 Å². The van der Waals surface area contributed by atoms with Crippen LogP contribution in [-0.4, -0.2) is 41.8 Å². The monoisotopic (exact) mass is 591 g/mol. The summed E-state index contributed by atoms with van der Waals surface area (Å²) in [5.74, 6) is 0.280. The van der Waals surface area contributed by atoms with Crippen molar-refractivity contribution in [2.75, 3.05) is 31.0 Å². The number of hydrogen-bond donors (Lipinski definition) is 3. The lowest BCUT2D eigenvalue weighted by Gasteiger charge is -2.29. The molecule has 0 unspecified atom stereocenters. The molecule has 1 aliphatic heterocycles. The fourth-order valence-corrected chi connectivity index (χ4v) is 5.51. The minimum absolute atomic E-state index is 0.0541. The van der Waals surface area contributed by atoms with E-state index in [0.29, 0.717) is 16.5 Å². The first-order valence-corrected chi connectivity index (χ1v) is 12.2. The van der Waals surface area contributed by atoms with E-state index in [4.69, 9.17) is 21.7 Å². The highest BCUT2D eigenvalue weighted by Crippen LogP contribution is 2.45. The van der Waals surface area contributed by atoms with Crippen LogP contribution in [0.5, 0.6) is 5.75 Å². The van der Waals surface area contributed by atoms with Crippen molar-refractivity contribution in [3.8, 4) is 5.75 Å². The van der Waals surface area contributed by atoms with Crippen molar-refractivity contribution in [2.24, 2.45) is 0 Å². The van der Waals surface area contributed by atoms with E-state index in [1.165, 1.54) is 7.11 Å². The van der Waals surface area contributed by atoms with Crippen LogP contribution in [0.1, 0.15) is 34.7 Å². The van der Waals surface area contributed by atoms with Gasteiger partial charge in [-0.25, -0.2) is 0 Å². The van der Waals surface area contributed by atoms with E-state index in [0.717, 1.165) is 31.9 Å². The number of benzene rings is 1. The van der Waals surface area contributed by atoms with Crippen LogP contribution in [-0.2, 0) is 9.53 Å². The Morgan fingerprint density at radius 2 is 2.03 bits per heavy atom. The van der Waals surface area contributed by atoms with Gasteiger partial charge in [0.2, 0.25) is 5.91 Å². The number of aromatic nitrogens is 2. The van der Waals surface area contributed by atoms with E-state index in [2.05, 4.69) is 61.9 Å². The zero-order chi connectivity index (χ0) is 24.4. The van der Waals surface area contributed by atoms with Crippen molar-refractivity contribution >= 4 is 57.2 Å². The van der Waals surface area contributed by atoms with Crippen molar-refractivity contribution in [3.63, 3.8) is 0 Å². The lowest BCUT2D eigenvalue weighted by molar-refractivity contribution is -0.119. The van der Waals surface area contributed by atoms with Crippen LogP contribution in [0.15, 0.2) is 42.6 Å². The first-order valence-electron chi connectivity index (χ1n) is 10.7. The van der Waals surface area contributed by atoms with Gasteiger partial charge in [0, 0.05) is 39.5 Å². The fraction of sp³-hybridized carbons (Fsp3) is 0.292. The Kier molecular flexibility index (Phi) is 7.39. The molecule has 3 aromatic rings. The van der Waals surface area contributed by atoms with E-state index >= 15 is 0 Å². The number of pyridine rings is 1. The van der Waals surface area contributed by atoms with Gasteiger partial charge < -0.3 is 30.0 Å². The lowest BCUT2D eigenvalue weighted by Crippen LogP contribution is -2.30. The molecule has 0 aliphatic carbocycles. The van der Waals surface area contributed by atoms with Crippen LogP contribution >= 0.6 is 34.8 Å². The SMILES string of the molecule is COCC(=O)Nc1cc(N2C(=S)N[C@H](c3ccccn3)[C@@H]2c2c(C)[nH]c(C)c2I)ccc1OC. The summed E-state index contributed by atoms with van der Waals surface area (Å²) in [7, 11) is 3.05. The second kappa shape index (κ2) is 10.3. The Balaban J connectivity index is 1.84. The highest BCUT2D eigenvalue weighted by Gasteiger charge is 2.43. The molecular weight excluding hydrogens is 565 g/mol. The molecule has 10 heteroatoms. The number of anilines is 2. The maximum absolute atomic E-state index is 12.2. The lowest BCUT2D eigenvalue weighted by atomic mass is 9.96. The number of H-pyrrole nitrogens is 1. The second-order valence-electron chi connectivity index (χ2n) is 7.97. The van der Waals surface area contributed by atoms with Crippen molar-refractivity contribution in [3.05, 3.63) is 68.8 Å². The molecule has 34 heavy (non-hydrogen) atoms. The van der Waals surface area contributed by atoms with Crippen LogP contribution in [0.2, 0.25) is 0 Å². The number of thiocarbonyl (C=S) groups is 1. The standard InChI is InChI=1S/C24H26IN5O3S/c1-13-20(21(25)14(2)27-13)23-22(16-7-5-6-10-26-16)29-24(34)30(23)15-8-9-18(33-4)17(11-15)28-19(31)12-32-3/h5-11,22-23,27H,12H2,1-4H3,(H,28,31)(H,29,34)/t22-,23+/m1/s1. The van der Waals surface area contributed by atoms with Crippen LogP contribution in [0.3, 0.4) is 0 Å². The molecular formula is C24H26IN5O3S. The van der Waals surface area contributed by atoms with Gasteiger partial charge in [-0.2, -0.15) is 0 Å². The van der Waals surface area contributed by atoms with Gasteiger partial charge in [0.15, 0.2) is 5.11 Å². The molecule has 1 fully saturated rings. The number of carbonyl (C=O) groups is 1. The molecule has 1 aliphatic rings. The first kappa shape index (κ1) is 24.4. The number of carbonyl (C=O) groups excluding carboxylic acids is 1. The minimum Gasteiger partial charge on any atom is -0.495 e. The Bertz CT molecular complexity index is 1220. The van der Waals surface area contributed by atoms with Crippen molar-refractivity contribution < 1.29 is 14.3 Å². The van der Waals surface area contributed by atoms with E-state index in [-0.39, 0.29) is 24.6 Å². The molecule has 4 rings (SSSR count). The van der Waals surface area contributed by atoms with E-state index in [1.54, 1.807) is 13.3 Å². The average molecular weight is 591 g/mol. The molecule has 0 radical (unpaired) electrons. The molecule has 1 aromatic carbocycles. The van der Waals surface area contributed by atoms with Crippen molar-refractivity contribution in [1.82, 2.24) is 15.3 Å². The van der Waals surface area contributed by atoms with Gasteiger partial charge in [0.05, 0.1) is 30.6 Å². The molecule has 0 saturated carbocycles. The van der Waals surface area contributed by atoms with Gasteiger partial charge in [-0.3, -0.25) is 9.78 Å². The molecule has 1 amide bonds. The predicted molar refractivity (Wildman–Crippen MR) is 144 cm³/mol. The fourth-order valence-electron chi connectivity index (χ4n) is 4.31. The number of halogens is 1. The third-order valence-electron chi connectivity index (χ3n) is 5.75. The summed E-state index contributed by atoms with van der Waals surface area (Å²) >= 11 is 8.22. The number of aryl methyl sites for hydroxylation is 2. The van der Waals surface area contributed by atoms with Gasteiger partial charge in [-0.05, 0) is 79.0 Å². The zero-order valence-corrected chi connectivity index (χ0v) is 22.3. The van der Waals surface area contributed by atoms with Crippen LogP contribution in [0.25, 0.3) is 0 Å². The zero-order valence-electron chi connectivity index (χ0n) is 19.3. The predicted octanol–water partition coefficient (Wildman–Crippen LogP) is 4.40. The summed E-state index contributed by atoms with van der Waals surface area (Å²) < 4.78 is 11.6. The number of amides is 1. The van der Waals surface area contributed by atoms with Crippen molar-refractivity contribution in [2.45, 2.75) is 25.9 Å². The Labute approximate surface area is 217 Å². The molecule has 178 valence electrons. The maximum Gasteiger partial charge on any atom is 0.250 e. The van der Waals surface area contributed by atoms with E-state index < -0.39 is 0 Å². The third-order valence-corrected chi connectivity index (χ3v) is 7.45. The van der Waals surface area contributed by atoms with Gasteiger partial charge in [0.25, 0.3) is 0 Å². The Hall–Kier alpha value is -2.70. The third kappa shape index (κ3) is 4.62. The number of aromatic amines is 1. The molecule has 2 atom stereocenters. The summed E-state index contributed by atoms with van der Waals surface area (Å²) in [4.78, 5) is 22.4. The highest BCUT2D eigenvalue weighted by molar-refractivity contribution is 14.1. The van der Waals surface area contributed by atoms with Crippen LogP contribution in [0, 0.1) is 17.4 Å². The number of nitrogens with zero attached hydrogens (tertiary/aromatic N) is 2. The summed E-state index contributed by atoms with van der Waals surface area (Å²) in [6.45, 7) is 4.08. The summed E-state index contributed by atoms with van der Waals surface area (Å²) in [6, 6.07) is 11.2. The van der Waals surface area contributed by atoms with Gasteiger partial charge in [-0.1, -0.05) is 6.07 Å². The number of nitrogens with one attached hydrogen (secondary N) is 3. The molecule has 0 bridgehead atoms. The summed E-state index contributed by atoms with van der Waals surface area (Å²) in [5.41, 5.74) is 5.60. The number of rotatable bonds is 7. The highest BCUT2D eigenvalue weighted by atomic mass is 127. The summed E-state index contributed by atoms with van der Waals surface area (Å²) in [5, 5.41) is 6.92. The normalized spacial score (nSPS) is 17.6. The van der Waals surface area contributed by atoms with Gasteiger partial charge >= 0.3 is 0 Å². The smallest absolute Gasteiger partial charge is 0.250 e. The number of methoxy groups -OCH3 is 2. The molecule has 8 nitrogen and oxygen atoms in total. The molecule has 2 aromatic heterocycles. The van der Waals surface area contributed by atoms with Gasteiger partial charge in [-0.15, -0.1) is 0 Å². The van der Waals surface area contributed by atoms with Crippen LogP contribution < -0.4 is 20.3 Å². The molecule has 3 N–H and O–H groups in total. The minimum atomic E-state index is -0.269. The summed E-state index contributed by atoms with van der Waals surface area (Å²) in [6.07, 6.45) is 1.79. The Morgan fingerprint density at radius 3 is 2.65 bits per heavy atom. The topological polar surface area (TPSA) is 91.5 Å². The largest absolute Gasteiger partial charge is 0.495 e. The Morgan fingerprint density at radius 1 is 1.24 bits per heavy atom. The molecule has 1 saturated heterocycles. The average Bonchev–Trinajstić information content (AvgIpc) is 3.28. The first-order chi connectivity index (χ1) is 16.3. The van der Waals surface area contributed by atoms with Crippen LogP contribution in [0.4, 0.5) is 11.4 Å². The molecule has 3 heterocycles. The number of ether oxygens (including phenoxy) is 2. The van der Waals surface area contributed by atoms with Crippen molar-refractivity contribution in [1.29, 1.82) is 0 Å². The quantitative estimate of drug-likeness (QED) is 0.277. The van der Waals surface area contributed by atoms with E-state index in [1.807, 2.05) is 36.4 Å². The van der Waals surface area contributed by atoms with Gasteiger partial charge in [0.1, 0.15) is 12.4 Å². The second-order valence-corrected chi connectivity index (χ2v) is 9.43. The molecule has 0 spiro atoms. The maximum atomic E-state index is 12.2. The number of hydrogen-bond acceptors (Lipinski definition) is 5.